The maximum atomic E-state index is 4.75. The quantitative estimate of drug-likeness (QED) is 0.386. The molecular formula is C19H26IN3S. The Morgan fingerprint density at radius 1 is 1.29 bits per heavy atom. The van der Waals surface area contributed by atoms with E-state index in [4.69, 9.17) is 4.99 Å². The number of hydrogen-bond donors (Lipinski definition) is 2. The van der Waals surface area contributed by atoms with Crippen molar-refractivity contribution in [3.8, 4) is 0 Å². The molecule has 2 N–H and O–H groups in total. The van der Waals surface area contributed by atoms with Crippen molar-refractivity contribution < 1.29 is 0 Å². The van der Waals surface area contributed by atoms with Crippen LogP contribution in [0.4, 0.5) is 0 Å². The highest BCUT2D eigenvalue weighted by Crippen LogP contribution is 2.33. The lowest BCUT2D eigenvalue weighted by atomic mass is 9.78. The van der Waals surface area contributed by atoms with E-state index in [-0.39, 0.29) is 24.0 Å². The van der Waals surface area contributed by atoms with Crippen LogP contribution >= 0.6 is 35.3 Å². The van der Waals surface area contributed by atoms with Crippen LogP contribution in [0.3, 0.4) is 0 Å². The van der Waals surface area contributed by atoms with Gasteiger partial charge in [-0.1, -0.05) is 31.2 Å². The molecule has 2 aromatic rings. The lowest BCUT2D eigenvalue weighted by molar-refractivity contribution is 0.583. The fourth-order valence-electron chi connectivity index (χ4n) is 3.00. The van der Waals surface area contributed by atoms with Gasteiger partial charge < -0.3 is 10.6 Å². The van der Waals surface area contributed by atoms with E-state index >= 15 is 0 Å². The van der Waals surface area contributed by atoms with E-state index in [1.54, 1.807) is 11.3 Å². The highest BCUT2D eigenvalue weighted by Gasteiger charge is 2.25. The lowest BCUT2D eigenvalue weighted by Crippen LogP contribution is -2.41. The second-order valence-electron chi connectivity index (χ2n) is 6.16. The molecule has 0 saturated heterocycles. The van der Waals surface area contributed by atoms with Gasteiger partial charge in [-0.25, -0.2) is 0 Å². The zero-order valence-corrected chi connectivity index (χ0v) is 17.4. The molecule has 0 radical (unpaired) electrons. The first kappa shape index (κ1) is 19.2. The summed E-state index contributed by atoms with van der Waals surface area (Å²) in [6, 6.07) is 10.9. The van der Waals surface area contributed by atoms with Gasteiger partial charge in [0.15, 0.2) is 5.96 Å². The summed E-state index contributed by atoms with van der Waals surface area (Å²) in [5.41, 5.74) is 4.36. The summed E-state index contributed by atoms with van der Waals surface area (Å²) in [6.07, 6.45) is 1.17. The zero-order valence-electron chi connectivity index (χ0n) is 14.3. The van der Waals surface area contributed by atoms with Crippen molar-refractivity contribution >= 4 is 41.3 Å². The molecule has 1 aromatic carbocycles. The molecular weight excluding hydrogens is 429 g/mol. The van der Waals surface area contributed by atoms with Crippen molar-refractivity contribution in [3.63, 3.8) is 0 Å². The van der Waals surface area contributed by atoms with Gasteiger partial charge >= 0.3 is 0 Å². The van der Waals surface area contributed by atoms with E-state index in [0.29, 0.717) is 11.8 Å². The fraction of sp³-hybridized carbons (Fsp3) is 0.421. The summed E-state index contributed by atoms with van der Waals surface area (Å²) in [5, 5.41) is 11.2. The third-order valence-electron chi connectivity index (χ3n) is 4.46. The Hall–Kier alpha value is -1.08. The predicted molar refractivity (Wildman–Crippen MR) is 115 cm³/mol. The minimum absolute atomic E-state index is 0. The van der Waals surface area contributed by atoms with Crippen molar-refractivity contribution in [1.82, 2.24) is 10.6 Å². The molecule has 2 unspecified atom stereocenters. The van der Waals surface area contributed by atoms with E-state index in [1.165, 1.54) is 23.1 Å². The maximum absolute atomic E-state index is 4.75. The van der Waals surface area contributed by atoms with Gasteiger partial charge in [0.25, 0.3) is 0 Å². The van der Waals surface area contributed by atoms with E-state index in [0.717, 1.165) is 25.6 Å². The lowest BCUT2D eigenvalue weighted by Gasteiger charge is -2.30. The third kappa shape index (κ3) is 4.72. The first-order valence-electron chi connectivity index (χ1n) is 8.40. The van der Waals surface area contributed by atoms with Gasteiger partial charge in [-0.2, -0.15) is 11.3 Å². The van der Waals surface area contributed by atoms with Crippen LogP contribution in [0, 0.1) is 0 Å². The first-order valence-corrected chi connectivity index (χ1v) is 9.34. The number of nitrogens with one attached hydrogen (secondary N) is 2. The molecule has 1 aliphatic rings. The minimum atomic E-state index is 0. The number of aliphatic imine (C=N–C) groups is 1. The first-order chi connectivity index (χ1) is 11.3. The van der Waals surface area contributed by atoms with E-state index in [1.807, 2.05) is 0 Å². The summed E-state index contributed by atoms with van der Waals surface area (Å²) in [7, 11) is 0. The van der Waals surface area contributed by atoms with E-state index in [2.05, 4.69) is 65.6 Å². The highest BCUT2D eigenvalue weighted by molar-refractivity contribution is 14.0. The molecule has 1 heterocycles. The van der Waals surface area contributed by atoms with Crippen LogP contribution < -0.4 is 10.6 Å². The van der Waals surface area contributed by atoms with Crippen LogP contribution in [0.15, 0.2) is 46.1 Å². The van der Waals surface area contributed by atoms with Gasteiger partial charge in [-0.3, -0.25) is 4.99 Å². The van der Waals surface area contributed by atoms with Crippen molar-refractivity contribution in [3.05, 3.63) is 57.8 Å². The number of benzene rings is 1. The molecule has 5 heteroatoms. The van der Waals surface area contributed by atoms with E-state index in [9.17, 15) is 0 Å². The smallest absolute Gasteiger partial charge is 0.191 e. The molecule has 3 rings (SSSR count). The Morgan fingerprint density at radius 3 is 2.83 bits per heavy atom. The molecule has 130 valence electrons. The minimum Gasteiger partial charge on any atom is -0.357 e. The fourth-order valence-corrected chi connectivity index (χ4v) is 3.78. The molecule has 1 aromatic heterocycles. The molecule has 0 fully saturated rings. The van der Waals surface area contributed by atoms with Crippen molar-refractivity contribution in [2.24, 2.45) is 4.99 Å². The van der Waals surface area contributed by atoms with E-state index < -0.39 is 0 Å². The van der Waals surface area contributed by atoms with Crippen LogP contribution in [0.25, 0.3) is 0 Å². The Balaban J connectivity index is 0.00000208. The van der Waals surface area contributed by atoms with Crippen LogP contribution in [0.2, 0.25) is 0 Å². The van der Waals surface area contributed by atoms with Crippen molar-refractivity contribution in [2.75, 3.05) is 19.6 Å². The summed E-state index contributed by atoms with van der Waals surface area (Å²) in [4.78, 5) is 4.75. The zero-order chi connectivity index (χ0) is 16.1. The Bertz CT molecular complexity index is 654. The molecule has 0 amide bonds. The van der Waals surface area contributed by atoms with Gasteiger partial charge in [0, 0.05) is 31.5 Å². The standard InChI is InChI=1S/C19H25N3S.HI/c1-3-20-19(21-11-14(2)16-8-9-23-13-16)22-12-17-10-15-6-4-5-7-18(15)17;/h4-9,13-14,17H,3,10-12H2,1-2H3,(H2,20,21,22);1H. The molecule has 2 atom stereocenters. The average molecular weight is 455 g/mol. The Labute approximate surface area is 166 Å². The topological polar surface area (TPSA) is 36.4 Å². The van der Waals surface area contributed by atoms with Gasteiger partial charge in [-0.15, -0.1) is 24.0 Å². The number of rotatable bonds is 6. The monoisotopic (exact) mass is 455 g/mol. The van der Waals surface area contributed by atoms with Gasteiger partial charge in [0.1, 0.15) is 0 Å². The number of hydrogen-bond acceptors (Lipinski definition) is 2. The maximum Gasteiger partial charge on any atom is 0.191 e. The number of guanidine groups is 1. The summed E-state index contributed by atoms with van der Waals surface area (Å²) in [6.45, 7) is 7.00. The predicted octanol–water partition coefficient (Wildman–Crippen LogP) is 4.36. The largest absolute Gasteiger partial charge is 0.357 e. The van der Waals surface area contributed by atoms with Crippen molar-refractivity contribution in [1.29, 1.82) is 0 Å². The Morgan fingerprint density at radius 2 is 2.12 bits per heavy atom. The van der Waals surface area contributed by atoms with Crippen molar-refractivity contribution in [2.45, 2.75) is 32.1 Å². The van der Waals surface area contributed by atoms with Crippen LogP contribution in [0.1, 0.15) is 42.4 Å². The molecule has 3 nitrogen and oxygen atoms in total. The van der Waals surface area contributed by atoms with Gasteiger partial charge in [-0.05, 0) is 46.9 Å². The second kappa shape index (κ2) is 9.42. The molecule has 0 spiro atoms. The summed E-state index contributed by atoms with van der Waals surface area (Å²) in [5.74, 6) is 2.00. The third-order valence-corrected chi connectivity index (χ3v) is 5.16. The average Bonchev–Trinajstić information content (AvgIpc) is 3.07. The number of nitrogens with zero attached hydrogens (tertiary/aromatic N) is 1. The molecule has 0 saturated carbocycles. The van der Waals surface area contributed by atoms with Crippen LogP contribution in [0.5, 0.6) is 0 Å². The molecule has 1 aliphatic carbocycles. The highest BCUT2D eigenvalue weighted by atomic mass is 127. The molecule has 24 heavy (non-hydrogen) atoms. The normalized spacial score (nSPS) is 17.2. The molecule has 0 aliphatic heterocycles. The summed E-state index contributed by atoms with van der Waals surface area (Å²) < 4.78 is 0. The molecule has 0 bridgehead atoms. The van der Waals surface area contributed by atoms with Crippen LogP contribution in [-0.2, 0) is 6.42 Å². The number of fused-ring (bicyclic) bond motifs is 1. The summed E-state index contributed by atoms with van der Waals surface area (Å²) >= 11 is 1.75. The Kier molecular flexibility index (Phi) is 7.55. The number of halogens is 1. The SMILES string of the molecule is CCNC(=NCC(C)c1ccsc1)NCC1Cc2ccccc21.I. The van der Waals surface area contributed by atoms with Gasteiger partial charge in [0.2, 0.25) is 0 Å². The van der Waals surface area contributed by atoms with Crippen LogP contribution in [-0.4, -0.2) is 25.6 Å². The number of thiophene rings is 1. The second-order valence-corrected chi connectivity index (χ2v) is 6.94. The van der Waals surface area contributed by atoms with Gasteiger partial charge in [0.05, 0.1) is 0 Å².